The molecule has 18 heavy (non-hydrogen) atoms. The van der Waals surface area contributed by atoms with Crippen LogP contribution >= 0.6 is 0 Å². The van der Waals surface area contributed by atoms with Gasteiger partial charge in [-0.15, -0.1) is 0 Å². The third kappa shape index (κ3) is 4.22. The van der Waals surface area contributed by atoms with Gasteiger partial charge in [-0.05, 0) is 24.0 Å². The van der Waals surface area contributed by atoms with Gasteiger partial charge in [-0.3, -0.25) is 0 Å². The summed E-state index contributed by atoms with van der Waals surface area (Å²) in [7, 11) is 0. The maximum absolute atomic E-state index is 12.7. The summed E-state index contributed by atoms with van der Waals surface area (Å²) < 4.78 is 38.2. The summed E-state index contributed by atoms with van der Waals surface area (Å²) in [5.41, 5.74) is -0.839. The number of nitrogens with one attached hydrogen (secondary N) is 1. The number of hydrogen-bond acceptors (Lipinski definition) is 2. The minimum Gasteiger partial charge on any atom is -0.396 e. The van der Waals surface area contributed by atoms with Crippen molar-refractivity contribution in [2.75, 3.05) is 18.5 Å². The predicted octanol–water partition coefficient (Wildman–Crippen LogP) is 3.53. The molecular weight excluding hydrogens is 243 g/mol. The lowest BCUT2D eigenvalue weighted by molar-refractivity contribution is -0.137. The summed E-state index contributed by atoms with van der Waals surface area (Å²) in [6.07, 6.45) is -3.82. The highest BCUT2D eigenvalue weighted by Gasteiger charge is 2.33. The fourth-order valence-electron chi connectivity index (χ4n) is 1.61. The van der Waals surface area contributed by atoms with Gasteiger partial charge < -0.3 is 10.4 Å². The van der Waals surface area contributed by atoms with Gasteiger partial charge >= 0.3 is 6.18 Å². The van der Waals surface area contributed by atoms with Crippen LogP contribution in [0.4, 0.5) is 18.9 Å². The number of aliphatic hydroxyl groups is 1. The molecule has 102 valence electrons. The van der Waals surface area contributed by atoms with Crippen molar-refractivity contribution in [3.8, 4) is 0 Å². The lowest BCUT2D eigenvalue weighted by Gasteiger charge is -2.25. The fraction of sp³-hybridized carbons (Fsp3) is 0.538. The largest absolute Gasteiger partial charge is 0.418 e. The monoisotopic (exact) mass is 261 g/mol. The zero-order valence-electron chi connectivity index (χ0n) is 10.5. The van der Waals surface area contributed by atoms with Crippen LogP contribution in [0.25, 0.3) is 0 Å². The van der Waals surface area contributed by atoms with E-state index in [2.05, 4.69) is 5.32 Å². The third-order valence-electron chi connectivity index (χ3n) is 2.78. The first kappa shape index (κ1) is 14.8. The Hall–Kier alpha value is -1.23. The predicted molar refractivity (Wildman–Crippen MR) is 65.4 cm³/mol. The molecule has 0 aromatic heterocycles. The number of anilines is 1. The Bertz CT molecular complexity index is 388. The second-order valence-electron chi connectivity index (χ2n) is 5.03. The molecule has 0 heterocycles. The number of alkyl halides is 3. The normalized spacial score (nSPS) is 12.6. The van der Waals surface area contributed by atoms with Gasteiger partial charge in [0.25, 0.3) is 0 Å². The molecule has 0 amide bonds. The maximum atomic E-state index is 12.7. The third-order valence-corrected chi connectivity index (χ3v) is 2.78. The van der Waals surface area contributed by atoms with Gasteiger partial charge in [0.05, 0.1) is 5.56 Å². The Balaban J connectivity index is 2.80. The number of hydrogen-bond donors (Lipinski definition) is 2. The molecule has 0 fully saturated rings. The molecule has 1 aromatic rings. The Kier molecular flexibility index (Phi) is 4.62. The van der Waals surface area contributed by atoms with Gasteiger partial charge in [0.1, 0.15) is 0 Å². The summed E-state index contributed by atoms with van der Waals surface area (Å²) in [6.45, 7) is 4.19. The molecule has 0 saturated carbocycles. The SMILES string of the molecule is CC(C)(CCO)CNc1ccccc1C(F)(F)F. The van der Waals surface area contributed by atoms with Gasteiger partial charge in [-0.2, -0.15) is 13.2 Å². The number of para-hydroxylation sites is 1. The molecule has 0 bridgehead atoms. The highest BCUT2D eigenvalue weighted by Crippen LogP contribution is 2.35. The molecule has 2 nitrogen and oxygen atoms in total. The quantitative estimate of drug-likeness (QED) is 0.850. The molecule has 5 heteroatoms. The standard InChI is InChI=1S/C13H18F3NO/c1-12(2,7-8-18)9-17-11-6-4-3-5-10(11)13(14,15)16/h3-6,17-18H,7-9H2,1-2H3. The van der Waals surface area contributed by atoms with Crippen molar-refractivity contribution in [2.45, 2.75) is 26.4 Å². The zero-order chi connectivity index (χ0) is 13.8. The number of benzene rings is 1. The van der Waals surface area contributed by atoms with Gasteiger partial charge in [-0.25, -0.2) is 0 Å². The van der Waals surface area contributed by atoms with E-state index in [4.69, 9.17) is 5.11 Å². The van der Waals surface area contributed by atoms with Crippen LogP contribution in [0.5, 0.6) is 0 Å². The molecule has 1 rings (SSSR count). The molecule has 2 N–H and O–H groups in total. The van der Waals surface area contributed by atoms with Gasteiger partial charge in [0.15, 0.2) is 0 Å². The topological polar surface area (TPSA) is 32.3 Å². The van der Waals surface area contributed by atoms with Crippen molar-refractivity contribution in [2.24, 2.45) is 5.41 Å². The number of rotatable bonds is 5. The number of aliphatic hydroxyl groups excluding tert-OH is 1. The molecule has 0 saturated heterocycles. The Morgan fingerprint density at radius 3 is 2.33 bits per heavy atom. The van der Waals surface area contributed by atoms with E-state index in [0.717, 1.165) is 6.07 Å². The van der Waals surface area contributed by atoms with Gasteiger partial charge in [0, 0.05) is 18.8 Å². The lowest BCUT2D eigenvalue weighted by atomic mass is 9.89. The molecule has 0 aliphatic carbocycles. The highest BCUT2D eigenvalue weighted by atomic mass is 19.4. The first-order chi connectivity index (χ1) is 8.26. The molecular formula is C13H18F3NO. The Labute approximate surface area is 105 Å². The van der Waals surface area contributed by atoms with Crippen LogP contribution in [0.2, 0.25) is 0 Å². The summed E-state index contributed by atoms with van der Waals surface area (Å²) in [5, 5.41) is 11.7. The molecule has 0 aliphatic rings. The van der Waals surface area contributed by atoms with Crippen LogP contribution in [-0.4, -0.2) is 18.3 Å². The molecule has 0 atom stereocenters. The van der Waals surface area contributed by atoms with E-state index in [0.29, 0.717) is 13.0 Å². The summed E-state index contributed by atoms with van der Waals surface area (Å²) >= 11 is 0. The summed E-state index contributed by atoms with van der Waals surface area (Å²) in [6, 6.07) is 5.41. The van der Waals surface area contributed by atoms with Crippen LogP contribution in [0, 0.1) is 5.41 Å². The van der Waals surface area contributed by atoms with Crippen molar-refractivity contribution in [3.05, 3.63) is 29.8 Å². The van der Waals surface area contributed by atoms with Crippen molar-refractivity contribution >= 4 is 5.69 Å². The van der Waals surface area contributed by atoms with Gasteiger partial charge in [0.2, 0.25) is 0 Å². The number of halogens is 3. The molecule has 0 radical (unpaired) electrons. The summed E-state index contributed by atoms with van der Waals surface area (Å²) in [5.74, 6) is 0. The first-order valence-corrected chi connectivity index (χ1v) is 5.77. The van der Waals surface area contributed by atoms with Crippen LogP contribution in [0.3, 0.4) is 0 Å². The van der Waals surface area contributed by atoms with E-state index < -0.39 is 11.7 Å². The average molecular weight is 261 g/mol. The molecule has 0 aliphatic heterocycles. The van der Waals surface area contributed by atoms with Gasteiger partial charge in [-0.1, -0.05) is 26.0 Å². The maximum Gasteiger partial charge on any atom is 0.418 e. The van der Waals surface area contributed by atoms with Crippen molar-refractivity contribution in [3.63, 3.8) is 0 Å². The van der Waals surface area contributed by atoms with E-state index in [-0.39, 0.29) is 17.7 Å². The zero-order valence-corrected chi connectivity index (χ0v) is 10.5. The van der Waals surface area contributed by atoms with E-state index in [9.17, 15) is 13.2 Å². The molecule has 1 aromatic carbocycles. The van der Waals surface area contributed by atoms with Crippen molar-refractivity contribution in [1.82, 2.24) is 0 Å². The summed E-state index contributed by atoms with van der Waals surface area (Å²) in [4.78, 5) is 0. The Morgan fingerprint density at radius 1 is 1.17 bits per heavy atom. The lowest BCUT2D eigenvalue weighted by Crippen LogP contribution is -2.25. The first-order valence-electron chi connectivity index (χ1n) is 5.77. The van der Waals surface area contributed by atoms with E-state index in [1.165, 1.54) is 12.1 Å². The van der Waals surface area contributed by atoms with Crippen LogP contribution < -0.4 is 5.32 Å². The molecule has 0 unspecified atom stereocenters. The van der Waals surface area contributed by atoms with Crippen molar-refractivity contribution in [1.29, 1.82) is 0 Å². The highest BCUT2D eigenvalue weighted by molar-refractivity contribution is 5.52. The smallest absolute Gasteiger partial charge is 0.396 e. The minimum atomic E-state index is -4.36. The van der Waals surface area contributed by atoms with E-state index in [1.807, 2.05) is 13.8 Å². The van der Waals surface area contributed by atoms with E-state index in [1.54, 1.807) is 6.07 Å². The second kappa shape index (κ2) is 5.61. The average Bonchev–Trinajstić information content (AvgIpc) is 2.26. The molecule has 0 spiro atoms. The Morgan fingerprint density at radius 2 is 1.78 bits per heavy atom. The fourth-order valence-corrected chi connectivity index (χ4v) is 1.61. The van der Waals surface area contributed by atoms with Crippen molar-refractivity contribution < 1.29 is 18.3 Å². The van der Waals surface area contributed by atoms with Crippen LogP contribution in [0.15, 0.2) is 24.3 Å². The van der Waals surface area contributed by atoms with E-state index >= 15 is 0 Å². The van der Waals surface area contributed by atoms with Crippen LogP contribution in [-0.2, 0) is 6.18 Å². The van der Waals surface area contributed by atoms with Crippen LogP contribution in [0.1, 0.15) is 25.8 Å². The minimum absolute atomic E-state index is 0.0234. The second-order valence-corrected chi connectivity index (χ2v) is 5.03.